The van der Waals surface area contributed by atoms with E-state index in [9.17, 15) is 9.18 Å². The topological polar surface area (TPSA) is 32.3 Å². The van der Waals surface area contributed by atoms with E-state index in [1.165, 1.54) is 12.1 Å². The maximum absolute atomic E-state index is 13.0. The van der Waals surface area contributed by atoms with Crippen molar-refractivity contribution in [2.45, 2.75) is 6.54 Å². The number of thiocarbonyl (C=S) groups is 1. The fourth-order valence-electron chi connectivity index (χ4n) is 2.25. The number of nitrogens with one attached hydrogen (secondary N) is 1. The number of nitrogens with zero attached hydrogens (tertiary/aromatic N) is 1. The molecule has 1 amide bonds. The average Bonchev–Trinajstić information content (AvgIpc) is 2.78. The molecule has 1 saturated heterocycles. The molecule has 1 aliphatic rings. The molecule has 3 nitrogen and oxygen atoms in total. The second-order valence-electron chi connectivity index (χ2n) is 5.05. The minimum atomic E-state index is -0.323. The van der Waals surface area contributed by atoms with Crippen LogP contribution in [0.2, 0.25) is 5.02 Å². The molecule has 6 heteroatoms. The largest absolute Gasteiger partial charge is 0.309 e. The molecule has 0 atom stereocenters. The third-order valence-corrected chi connectivity index (χ3v) is 3.99. The number of hydrogen-bond acceptors (Lipinski definition) is 2. The van der Waals surface area contributed by atoms with Gasteiger partial charge in [-0.1, -0.05) is 35.9 Å². The van der Waals surface area contributed by atoms with Crippen molar-refractivity contribution in [3.63, 3.8) is 0 Å². The van der Waals surface area contributed by atoms with E-state index in [0.29, 0.717) is 22.4 Å². The third-order valence-electron chi connectivity index (χ3n) is 3.42. The Kier molecular flexibility index (Phi) is 4.41. The Labute approximate surface area is 143 Å². The van der Waals surface area contributed by atoms with Gasteiger partial charge in [0.1, 0.15) is 11.5 Å². The van der Waals surface area contributed by atoms with Crippen molar-refractivity contribution in [2.75, 3.05) is 0 Å². The van der Waals surface area contributed by atoms with Gasteiger partial charge in [0.15, 0.2) is 5.11 Å². The molecule has 0 aliphatic carbocycles. The lowest BCUT2D eigenvalue weighted by atomic mass is 10.1. The highest BCUT2D eigenvalue weighted by molar-refractivity contribution is 7.80. The predicted octanol–water partition coefficient (Wildman–Crippen LogP) is 3.74. The number of halogens is 2. The highest BCUT2D eigenvalue weighted by Gasteiger charge is 2.29. The normalized spacial score (nSPS) is 16.1. The minimum Gasteiger partial charge on any atom is -0.309 e. The molecule has 0 saturated carbocycles. The van der Waals surface area contributed by atoms with Crippen molar-refractivity contribution in [3.8, 4) is 0 Å². The zero-order valence-corrected chi connectivity index (χ0v) is 13.5. The molecule has 0 unspecified atom stereocenters. The van der Waals surface area contributed by atoms with Crippen LogP contribution in [0.1, 0.15) is 11.1 Å². The second kappa shape index (κ2) is 6.48. The zero-order chi connectivity index (χ0) is 16.4. The molecule has 1 aliphatic heterocycles. The maximum Gasteiger partial charge on any atom is 0.274 e. The molecule has 2 aromatic rings. The van der Waals surface area contributed by atoms with Crippen molar-refractivity contribution < 1.29 is 9.18 Å². The molecule has 2 aromatic carbocycles. The molecule has 0 aromatic heterocycles. The van der Waals surface area contributed by atoms with Gasteiger partial charge in [-0.3, -0.25) is 10.1 Å². The minimum absolute atomic E-state index is 0.270. The van der Waals surface area contributed by atoms with Gasteiger partial charge in [0.05, 0.1) is 6.54 Å². The summed E-state index contributed by atoms with van der Waals surface area (Å²) in [5, 5.41) is 3.62. The van der Waals surface area contributed by atoms with Crippen molar-refractivity contribution in [2.24, 2.45) is 0 Å². The summed E-state index contributed by atoms with van der Waals surface area (Å²) in [6.07, 6.45) is 1.68. The molecule has 3 rings (SSSR count). The van der Waals surface area contributed by atoms with Gasteiger partial charge in [-0.05, 0) is 53.7 Å². The lowest BCUT2D eigenvalue weighted by Gasteiger charge is -2.17. The van der Waals surface area contributed by atoms with Crippen LogP contribution in [0.25, 0.3) is 6.08 Å². The number of carbonyl (C=O) groups is 1. The van der Waals surface area contributed by atoms with Crippen LogP contribution in [0.15, 0.2) is 54.2 Å². The van der Waals surface area contributed by atoms with E-state index in [4.69, 9.17) is 23.8 Å². The Hall–Kier alpha value is -2.24. The van der Waals surface area contributed by atoms with Gasteiger partial charge in [-0.15, -0.1) is 0 Å². The lowest BCUT2D eigenvalue weighted by molar-refractivity contribution is -0.115. The molecular weight excluding hydrogens is 335 g/mol. The van der Waals surface area contributed by atoms with Crippen molar-refractivity contribution in [3.05, 3.63) is 76.2 Å². The highest BCUT2D eigenvalue weighted by Crippen LogP contribution is 2.21. The first-order chi connectivity index (χ1) is 11.0. The van der Waals surface area contributed by atoms with Crippen LogP contribution in [0.3, 0.4) is 0 Å². The van der Waals surface area contributed by atoms with Crippen molar-refractivity contribution in [1.29, 1.82) is 0 Å². The van der Waals surface area contributed by atoms with E-state index in [1.807, 2.05) is 12.1 Å². The number of hydrogen-bond donors (Lipinski definition) is 1. The molecule has 1 fully saturated rings. The van der Waals surface area contributed by atoms with Crippen LogP contribution in [0.4, 0.5) is 4.39 Å². The molecule has 0 radical (unpaired) electrons. The van der Waals surface area contributed by atoms with Crippen molar-refractivity contribution in [1.82, 2.24) is 10.2 Å². The fourth-order valence-corrected chi connectivity index (χ4v) is 2.63. The number of amides is 1. The Morgan fingerprint density at radius 3 is 2.43 bits per heavy atom. The molecule has 1 N–H and O–H groups in total. The van der Waals surface area contributed by atoms with E-state index in [2.05, 4.69) is 5.32 Å². The van der Waals surface area contributed by atoms with Gasteiger partial charge < -0.3 is 4.90 Å². The highest BCUT2D eigenvalue weighted by atomic mass is 35.5. The van der Waals surface area contributed by atoms with Crippen LogP contribution in [-0.4, -0.2) is 15.9 Å². The van der Waals surface area contributed by atoms with Gasteiger partial charge in [-0.25, -0.2) is 4.39 Å². The van der Waals surface area contributed by atoms with Crippen LogP contribution in [0, 0.1) is 5.82 Å². The summed E-state index contributed by atoms with van der Waals surface area (Å²) >= 11 is 11.1. The molecule has 1 heterocycles. The van der Waals surface area contributed by atoms with Crippen LogP contribution < -0.4 is 5.32 Å². The predicted molar refractivity (Wildman–Crippen MR) is 92.1 cm³/mol. The van der Waals surface area contributed by atoms with Gasteiger partial charge in [0.2, 0.25) is 0 Å². The Balaban J connectivity index is 1.89. The van der Waals surface area contributed by atoms with Crippen molar-refractivity contribution >= 4 is 40.9 Å². The first kappa shape index (κ1) is 15.6. The first-order valence-corrected chi connectivity index (χ1v) is 7.66. The SMILES string of the molecule is O=C1NC(=S)N(Cc2ccc(Cl)cc2)/C1=C/c1ccc(F)cc1. The summed E-state index contributed by atoms with van der Waals surface area (Å²) in [6.45, 7) is 0.446. The molecule has 0 spiro atoms. The van der Waals surface area contributed by atoms with Gasteiger partial charge in [0, 0.05) is 5.02 Å². The summed E-state index contributed by atoms with van der Waals surface area (Å²) in [5.41, 5.74) is 2.12. The Morgan fingerprint density at radius 2 is 1.78 bits per heavy atom. The van der Waals surface area contributed by atoms with Crippen LogP contribution in [-0.2, 0) is 11.3 Å². The Morgan fingerprint density at radius 1 is 1.13 bits per heavy atom. The van der Waals surface area contributed by atoms with E-state index >= 15 is 0 Å². The first-order valence-electron chi connectivity index (χ1n) is 6.87. The lowest BCUT2D eigenvalue weighted by Crippen LogP contribution is -2.26. The van der Waals surface area contributed by atoms with E-state index in [1.54, 1.807) is 35.2 Å². The molecule has 0 bridgehead atoms. The standard InChI is InChI=1S/C17H12ClFN2OS/c18-13-5-1-12(2-6-13)10-21-15(16(22)20-17(21)23)9-11-3-7-14(19)8-4-11/h1-9H,10H2,(H,20,22,23)/b15-9+. The van der Waals surface area contributed by atoms with Gasteiger partial charge in [-0.2, -0.15) is 0 Å². The second-order valence-corrected chi connectivity index (χ2v) is 5.88. The molecule has 116 valence electrons. The summed E-state index contributed by atoms with van der Waals surface area (Å²) in [5.74, 6) is -0.593. The van der Waals surface area contributed by atoms with Crippen LogP contribution >= 0.6 is 23.8 Å². The summed E-state index contributed by atoms with van der Waals surface area (Å²) in [7, 11) is 0. The van der Waals surface area contributed by atoms with Gasteiger partial charge >= 0.3 is 0 Å². The van der Waals surface area contributed by atoms with E-state index in [0.717, 1.165) is 11.1 Å². The number of rotatable bonds is 3. The fraction of sp³-hybridized carbons (Fsp3) is 0.0588. The zero-order valence-electron chi connectivity index (χ0n) is 11.9. The van der Waals surface area contributed by atoms with Crippen LogP contribution in [0.5, 0.6) is 0 Å². The molecular formula is C17H12ClFN2OS. The smallest absolute Gasteiger partial charge is 0.274 e. The number of carbonyl (C=O) groups excluding carboxylic acids is 1. The summed E-state index contributed by atoms with van der Waals surface area (Å²) < 4.78 is 13.0. The van der Waals surface area contributed by atoms with Gasteiger partial charge in [0.25, 0.3) is 5.91 Å². The monoisotopic (exact) mass is 346 g/mol. The molecule has 23 heavy (non-hydrogen) atoms. The number of benzene rings is 2. The van der Waals surface area contributed by atoms with E-state index < -0.39 is 0 Å². The third kappa shape index (κ3) is 3.57. The summed E-state index contributed by atoms with van der Waals surface area (Å²) in [6, 6.07) is 13.2. The average molecular weight is 347 g/mol. The quantitative estimate of drug-likeness (QED) is 0.679. The summed E-state index contributed by atoms with van der Waals surface area (Å²) in [4.78, 5) is 13.8. The maximum atomic E-state index is 13.0. The van der Waals surface area contributed by atoms with E-state index in [-0.39, 0.29) is 11.7 Å². The Bertz CT molecular complexity index is 787.